The van der Waals surface area contributed by atoms with E-state index in [9.17, 15) is 0 Å². The second-order valence-electron chi connectivity index (χ2n) is 4.82. The number of nitrogens with zero attached hydrogens (tertiary/aromatic N) is 3. The van der Waals surface area contributed by atoms with Crippen LogP contribution in [0, 0.1) is 0 Å². The molecular formula is C12H18Cl2N4. The third-order valence-electron chi connectivity index (χ3n) is 3.46. The molecule has 0 saturated carbocycles. The van der Waals surface area contributed by atoms with E-state index in [0.717, 1.165) is 13.1 Å². The van der Waals surface area contributed by atoms with E-state index in [0.29, 0.717) is 27.7 Å². The fraction of sp³-hybridized carbons (Fsp3) is 0.583. The average molecular weight is 289 g/mol. The van der Waals surface area contributed by atoms with Gasteiger partial charge in [0.25, 0.3) is 0 Å². The van der Waals surface area contributed by atoms with Crippen LogP contribution in [0.25, 0.3) is 0 Å². The number of nitrogens with two attached hydrogens (primary N) is 1. The number of likely N-dealkylation sites (N-methyl/N-ethyl adjacent to an activating group) is 2. The Morgan fingerprint density at radius 1 is 1.50 bits per heavy atom. The standard InChI is InChI=1S/C12H18Cl2N4/c1-17-5-3-4-8(17)7-18(2)12-10(14)6-9(13)11(15)16-12/h6,8H,3-5,7H2,1-2H3,(H2,15,16). The van der Waals surface area contributed by atoms with Gasteiger partial charge in [0.2, 0.25) is 0 Å². The van der Waals surface area contributed by atoms with Crippen molar-refractivity contribution < 1.29 is 0 Å². The minimum atomic E-state index is 0.322. The Hall–Kier alpha value is -0.710. The Kier molecular flexibility index (Phi) is 4.20. The van der Waals surface area contributed by atoms with Crippen molar-refractivity contribution in [1.82, 2.24) is 9.88 Å². The van der Waals surface area contributed by atoms with Gasteiger partial charge < -0.3 is 15.5 Å². The van der Waals surface area contributed by atoms with E-state index in [4.69, 9.17) is 28.9 Å². The Morgan fingerprint density at radius 3 is 2.83 bits per heavy atom. The van der Waals surface area contributed by atoms with Crippen molar-refractivity contribution in [1.29, 1.82) is 0 Å². The van der Waals surface area contributed by atoms with Crippen LogP contribution in [0.5, 0.6) is 0 Å². The largest absolute Gasteiger partial charge is 0.382 e. The lowest BCUT2D eigenvalue weighted by molar-refractivity contribution is 0.314. The van der Waals surface area contributed by atoms with Crippen LogP contribution in [0.1, 0.15) is 12.8 Å². The quantitative estimate of drug-likeness (QED) is 0.928. The molecule has 1 aliphatic heterocycles. The molecule has 4 nitrogen and oxygen atoms in total. The predicted molar refractivity (Wildman–Crippen MR) is 77.6 cm³/mol. The Labute approximate surface area is 118 Å². The minimum Gasteiger partial charge on any atom is -0.382 e. The van der Waals surface area contributed by atoms with Crippen LogP contribution < -0.4 is 10.6 Å². The first-order valence-corrected chi connectivity index (χ1v) is 6.77. The lowest BCUT2D eigenvalue weighted by Gasteiger charge is -2.27. The average Bonchev–Trinajstić information content (AvgIpc) is 2.69. The van der Waals surface area contributed by atoms with E-state index >= 15 is 0 Å². The number of hydrogen-bond donors (Lipinski definition) is 1. The van der Waals surface area contributed by atoms with Crippen molar-refractivity contribution in [3.8, 4) is 0 Å². The fourth-order valence-electron chi connectivity index (χ4n) is 2.35. The summed E-state index contributed by atoms with van der Waals surface area (Å²) in [5.74, 6) is 1.02. The number of anilines is 2. The van der Waals surface area contributed by atoms with E-state index in [2.05, 4.69) is 16.9 Å². The predicted octanol–water partition coefficient (Wildman–Crippen LogP) is 2.50. The third kappa shape index (κ3) is 2.82. The summed E-state index contributed by atoms with van der Waals surface area (Å²) in [5.41, 5.74) is 5.72. The molecule has 18 heavy (non-hydrogen) atoms. The van der Waals surface area contributed by atoms with E-state index in [1.54, 1.807) is 6.07 Å². The fourth-order valence-corrected chi connectivity index (χ4v) is 2.85. The SMILES string of the molecule is CN(CC1CCCN1C)c1nc(N)c(Cl)cc1Cl. The molecule has 0 bridgehead atoms. The first kappa shape index (κ1) is 13.7. The normalized spacial score (nSPS) is 20.3. The summed E-state index contributed by atoms with van der Waals surface area (Å²) in [5, 5.41) is 0.937. The summed E-state index contributed by atoms with van der Waals surface area (Å²) < 4.78 is 0. The molecule has 1 unspecified atom stereocenters. The highest BCUT2D eigenvalue weighted by Crippen LogP contribution is 2.30. The molecule has 2 rings (SSSR count). The molecule has 1 fully saturated rings. The van der Waals surface area contributed by atoms with E-state index in [-0.39, 0.29) is 0 Å². The van der Waals surface area contributed by atoms with Crippen LogP contribution in [-0.2, 0) is 0 Å². The van der Waals surface area contributed by atoms with Crippen LogP contribution in [0.2, 0.25) is 10.0 Å². The molecule has 0 spiro atoms. The number of rotatable bonds is 3. The molecule has 2 heterocycles. The highest BCUT2D eigenvalue weighted by Gasteiger charge is 2.23. The van der Waals surface area contributed by atoms with Crippen LogP contribution >= 0.6 is 23.2 Å². The molecular weight excluding hydrogens is 271 g/mol. The zero-order chi connectivity index (χ0) is 13.3. The van der Waals surface area contributed by atoms with E-state index in [1.807, 2.05) is 11.9 Å². The van der Waals surface area contributed by atoms with Gasteiger partial charge in [-0.15, -0.1) is 0 Å². The molecule has 1 atom stereocenters. The first-order chi connectivity index (χ1) is 8.49. The van der Waals surface area contributed by atoms with Gasteiger partial charge in [-0.3, -0.25) is 0 Å². The monoisotopic (exact) mass is 288 g/mol. The molecule has 0 radical (unpaired) electrons. The van der Waals surface area contributed by atoms with Crippen LogP contribution in [0.15, 0.2) is 6.07 Å². The first-order valence-electron chi connectivity index (χ1n) is 6.02. The number of nitrogen functional groups attached to an aromatic ring is 1. The lowest BCUT2D eigenvalue weighted by atomic mass is 10.2. The van der Waals surface area contributed by atoms with Crippen LogP contribution in [-0.4, -0.2) is 43.1 Å². The van der Waals surface area contributed by atoms with Gasteiger partial charge in [0.05, 0.1) is 10.0 Å². The van der Waals surface area contributed by atoms with Gasteiger partial charge in [-0.2, -0.15) is 0 Å². The van der Waals surface area contributed by atoms with Gasteiger partial charge in [0.1, 0.15) is 11.6 Å². The lowest BCUT2D eigenvalue weighted by Crippen LogP contribution is -2.37. The summed E-state index contributed by atoms with van der Waals surface area (Å²) >= 11 is 12.0. The molecule has 1 aromatic rings. The molecule has 0 aliphatic carbocycles. The third-order valence-corrected chi connectivity index (χ3v) is 4.04. The zero-order valence-electron chi connectivity index (χ0n) is 10.7. The molecule has 1 saturated heterocycles. The molecule has 0 amide bonds. The maximum Gasteiger partial charge on any atom is 0.149 e. The van der Waals surface area contributed by atoms with Crippen molar-refractivity contribution in [3.05, 3.63) is 16.1 Å². The van der Waals surface area contributed by atoms with Gasteiger partial charge >= 0.3 is 0 Å². The van der Waals surface area contributed by atoms with Crippen molar-refractivity contribution in [3.63, 3.8) is 0 Å². The Balaban J connectivity index is 2.13. The second-order valence-corrected chi connectivity index (χ2v) is 5.63. The van der Waals surface area contributed by atoms with Crippen molar-refractivity contribution >= 4 is 34.8 Å². The number of hydrogen-bond acceptors (Lipinski definition) is 4. The molecule has 0 aromatic carbocycles. The van der Waals surface area contributed by atoms with Gasteiger partial charge in [-0.05, 0) is 32.5 Å². The van der Waals surface area contributed by atoms with Crippen molar-refractivity contribution in [2.75, 3.05) is 37.8 Å². The summed E-state index contributed by atoms with van der Waals surface area (Å²) in [6.45, 7) is 2.05. The minimum absolute atomic E-state index is 0.322. The Bertz CT molecular complexity index is 438. The summed E-state index contributed by atoms with van der Waals surface area (Å²) in [6, 6.07) is 2.19. The highest BCUT2D eigenvalue weighted by molar-refractivity contribution is 6.37. The van der Waals surface area contributed by atoms with Gasteiger partial charge in [-0.1, -0.05) is 23.2 Å². The van der Waals surface area contributed by atoms with Gasteiger partial charge in [-0.25, -0.2) is 4.98 Å². The van der Waals surface area contributed by atoms with Gasteiger partial charge in [0.15, 0.2) is 0 Å². The topological polar surface area (TPSA) is 45.4 Å². The number of halogens is 2. The van der Waals surface area contributed by atoms with Crippen molar-refractivity contribution in [2.24, 2.45) is 0 Å². The van der Waals surface area contributed by atoms with E-state index < -0.39 is 0 Å². The molecule has 1 aromatic heterocycles. The van der Waals surface area contributed by atoms with Gasteiger partial charge in [0, 0.05) is 19.6 Å². The molecule has 100 valence electrons. The van der Waals surface area contributed by atoms with E-state index in [1.165, 1.54) is 12.8 Å². The maximum atomic E-state index is 6.16. The number of aromatic nitrogens is 1. The molecule has 6 heteroatoms. The molecule has 1 aliphatic rings. The molecule has 2 N–H and O–H groups in total. The highest BCUT2D eigenvalue weighted by atomic mass is 35.5. The summed E-state index contributed by atoms with van der Waals surface area (Å²) in [7, 11) is 4.13. The zero-order valence-corrected chi connectivity index (χ0v) is 12.2. The number of pyridine rings is 1. The van der Waals surface area contributed by atoms with Crippen LogP contribution in [0.4, 0.5) is 11.6 Å². The maximum absolute atomic E-state index is 6.16. The van der Waals surface area contributed by atoms with Crippen molar-refractivity contribution in [2.45, 2.75) is 18.9 Å². The second kappa shape index (κ2) is 5.51. The Morgan fingerprint density at radius 2 is 2.22 bits per heavy atom. The summed E-state index contributed by atoms with van der Waals surface area (Å²) in [6.07, 6.45) is 2.46. The number of likely N-dealkylation sites (tertiary alicyclic amines) is 1. The smallest absolute Gasteiger partial charge is 0.149 e. The van der Waals surface area contributed by atoms with Crippen LogP contribution in [0.3, 0.4) is 0 Å². The summed E-state index contributed by atoms with van der Waals surface area (Å²) in [4.78, 5) is 8.67.